The minimum absolute atomic E-state index is 0.196. The highest BCUT2D eigenvalue weighted by Gasteiger charge is 2.44. The molecule has 0 aliphatic carbocycles. The fourth-order valence-electron chi connectivity index (χ4n) is 7.34. The SMILES string of the molecule is CCCCCCC/C=C\CCCCCCCC(=O)NC(COC1OC(CO)C(O)C(O)C1O)C(O)/C=C/CC/C=C/CCCCCCCCCCCCCCCC. The van der Waals surface area contributed by atoms with Crippen LogP contribution in [0, 0.1) is 0 Å². The highest BCUT2D eigenvalue weighted by Crippen LogP contribution is 2.22. The van der Waals surface area contributed by atoms with Gasteiger partial charge in [-0.3, -0.25) is 4.79 Å². The average Bonchev–Trinajstić information content (AvgIpc) is 3.21. The van der Waals surface area contributed by atoms with Gasteiger partial charge in [-0.25, -0.2) is 0 Å². The van der Waals surface area contributed by atoms with Crippen molar-refractivity contribution in [3.8, 4) is 0 Å². The van der Waals surface area contributed by atoms with E-state index in [1.165, 1.54) is 128 Å². The molecular formula is C48H89NO8. The van der Waals surface area contributed by atoms with Crippen LogP contribution in [0.25, 0.3) is 0 Å². The fourth-order valence-corrected chi connectivity index (χ4v) is 7.34. The zero-order valence-corrected chi connectivity index (χ0v) is 36.6. The Kier molecular flexibility index (Phi) is 36.2. The second kappa shape index (κ2) is 38.6. The molecule has 6 N–H and O–H groups in total. The molecule has 0 aromatic heterocycles. The van der Waals surface area contributed by atoms with Crippen LogP contribution < -0.4 is 5.32 Å². The molecule has 9 heteroatoms. The highest BCUT2D eigenvalue weighted by molar-refractivity contribution is 5.76. The van der Waals surface area contributed by atoms with E-state index >= 15 is 0 Å². The molecular weight excluding hydrogens is 719 g/mol. The maximum Gasteiger partial charge on any atom is 0.220 e. The van der Waals surface area contributed by atoms with Gasteiger partial charge in [-0.2, -0.15) is 0 Å². The number of carbonyl (C=O) groups is 1. The van der Waals surface area contributed by atoms with Crippen LogP contribution in [-0.4, -0.2) is 87.5 Å². The quantitative estimate of drug-likeness (QED) is 0.0266. The lowest BCUT2D eigenvalue weighted by atomic mass is 9.99. The summed E-state index contributed by atoms with van der Waals surface area (Å²) in [6.45, 7) is 3.74. The second-order valence-electron chi connectivity index (χ2n) is 16.5. The summed E-state index contributed by atoms with van der Waals surface area (Å²) in [4.78, 5) is 12.9. The summed E-state index contributed by atoms with van der Waals surface area (Å²) in [5.41, 5.74) is 0. The highest BCUT2D eigenvalue weighted by atomic mass is 16.7. The maximum absolute atomic E-state index is 12.9. The van der Waals surface area contributed by atoms with Crippen molar-refractivity contribution < 1.29 is 39.8 Å². The number of amides is 1. The first-order valence-corrected chi connectivity index (χ1v) is 23.7. The van der Waals surface area contributed by atoms with Crippen molar-refractivity contribution >= 4 is 5.91 Å². The number of allylic oxidation sites excluding steroid dienone is 5. The molecule has 1 saturated heterocycles. The van der Waals surface area contributed by atoms with Crippen molar-refractivity contribution in [1.29, 1.82) is 0 Å². The monoisotopic (exact) mass is 808 g/mol. The number of rotatable bonds is 39. The van der Waals surface area contributed by atoms with E-state index in [0.717, 1.165) is 57.8 Å². The zero-order valence-electron chi connectivity index (χ0n) is 36.6. The van der Waals surface area contributed by atoms with Gasteiger partial charge < -0.3 is 40.3 Å². The van der Waals surface area contributed by atoms with Gasteiger partial charge in [0.25, 0.3) is 0 Å². The summed E-state index contributed by atoms with van der Waals surface area (Å²) in [6, 6.07) is -0.824. The molecule has 0 saturated carbocycles. The molecule has 334 valence electrons. The van der Waals surface area contributed by atoms with Crippen LogP contribution in [-0.2, 0) is 14.3 Å². The molecule has 7 atom stereocenters. The van der Waals surface area contributed by atoms with Crippen LogP contribution in [0.15, 0.2) is 36.5 Å². The summed E-state index contributed by atoms with van der Waals surface area (Å²) >= 11 is 0. The first kappa shape index (κ1) is 53.4. The molecule has 9 nitrogen and oxygen atoms in total. The third-order valence-corrected chi connectivity index (χ3v) is 11.2. The summed E-state index contributed by atoms with van der Waals surface area (Å²) in [7, 11) is 0. The lowest BCUT2D eigenvalue weighted by Crippen LogP contribution is -2.60. The van der Waals surface area contributed by atoms with Gasteiger partial charge in [0.1, 0.15) is 24.4 Å². The molecule has 7 unspecified atom stereocenters. The Bertz CT molecular complexity index is 987. The van der Waals surface area contributed by atoms with Crippen LogP contribution in [0.5, 0.6) is 0 Å². The van der Waals surface area contributed by atoms with Gasteiger partial charge in [0.15, 0.2) is 6.29 Å². The molecule has 1 rings (SSSR count). The normalized spacial score (nSPS) is 21.3. The molecule has 1 aliphatic rings. The van der Waals surface area contributed by atoms with Crippen LogP contribution in [0.4, 0.5) is 0 Å². The van der Waals surface area contributed by atoms with Gasteiger partial charge in [0, 0.05) is 6.42 Å². The van der Waals surface area contributed by atoms with Gasteiger partial charge in [-0.1, -0.05) is 179 Å². The van der Waals surface area contributed by atoms with E-state index in [1.54, 1.807) is 6.08 Å². The topological polar surface area (TPSA) is 149 Å². The number of hydrogen-bond donors (Lipinski definition) is 6. The standard InChI is InChI=1S/C48H89NO8/c1-3-5-7-9-11-13-15-17-19-20-21-22-23-24-25-27-29-31-33-35-37-42(51)41(40-56-48-47(55)46(54)45(53)43(39-50)57-48)49-44(52)38-36-34-32-30-28-26-18-16-14-12-10-8-6-4-2/h16,18,27,29,35,37,41-43,45-48,50-51,53-55H,3-15,17,19-26,28,30-34,36,38-40H2,1-2H3,(H,49,52)/b18-16-,29-27+,37-35+. The van der Waals surface area contributed by atoms with Crippen LogP contribution in [0.1, 0.15) is 206 Å². The molecule has 0 aromatic carbocycles. The van der Waals surface area contributed by atoms with Gasteiger partial charge >= 0.3 is 0 Å². The largest absolute Gasteiger partial charge is 0.394 e. The molecule has 1 amide bonds. The Morgan fingerprint density at radius 1 is 0.579 bits per heavy atom. The molecule has 57 heavy (non-hydrogen) atoms. The molecule has 0 aromatic rings. The van der Waals surface area contributed by atoms with Crippen molar-refractivity contribution in [3.63, 3.8) is 0 Å². The van der Waals surface area contributed by atoms with Crippen molar-refractivity contribution in [2.75, 3.05) is 13.2 Å². The summed E-state index contributed by atoms with van der Waals surface area (Å²) in [5, 5.41) is 54.2. The Morgan fingerprint density at radius 2 is 1.00 bits per heavy atom. The van der Waals surface area contributed by atoms with E-state index in [4.69, 9.17) is 9.47 Å². The van der Waals surface area contributed by atoms with E-state index in [0.29, 0.717) is 6.42 Å². The van der Waals surface area contributed by atoms with E-state index in [9.17, 15) is 30.3 Å². The third-order valence-electron chi connectivity index (χ3n) is 11.2. The van der Waals surface area contributed by atoms with E-state index < -0.39 is 49.5 Å². The summed E-state index contributed by atoms with van der Waals surface area (Å²) in [5.74, 6) is -0.196. The van der Waals surface area contributed by atoms with E-state index in [1.807, 2.05) is 6.08 Å². The number of aliphatic hydroxyl groups excluding tert-OH is 5. The Labute approximate surface area is 349 Å². The van der Waals surface area contributed by atoms with Gasteiger partial charge in [-0.15, -0.1) is 0 Å². The van der Waals surface area contributed by atoms with Crippen molar-refractivity contribution in [1.82, 2.24) is 5.32 Å². The number of unbranched alkanes of at least 4 members (excludes halogenated alkanes) is 25. The molecule has 0 radical (unpaired) electrons. The van der Waals surface area contributed by atoms with Crippen LogP contribution in [0.2, 0.25) is 0 Å². The van der Waals surface area contributed by atoms with Crippen molar-refractivity contribution in [2.24, 2.45) is 0 Å². The minimum Gasteiger partial charge on any atom is -0.394 e. The molecule has 1 aliphatic heterocycles. The van der Waals surface area contributed by atoms with E-state index in [2.05, 4.69) is 43.5 Å². The lowest BCUT2D eigenvalue weighted by molar-refractivity contribution is -0.302. The predicted octanol–water partition coefficient (Wildman–Crippen LogP) is 10.1. The van der Waals surface area contributed by atoms with Crippen LogP contribution >= 0.6 is 0 Å². The molecule has 1 fully saturated rings. The summed E-state index contributed by atoms with van der Waals surface area (Å²) < 4.78 is 11.2. The van der Waals surface area contributed by atoms with Gasteiger partial charge in [-0.05, 0) is 57.8 Å². The number of aliphatic hydroxyl groups is 5. The average molecular weight is 808 g/mol. The lowest BCUT2D eigenvalue weighted by Gasteiger charge is -2.40. The van der Waals surface area contributed by atoms with Crippen molar-refractivity contribution in [3.05, 3.63) is 36.5 Å². The second-order valence-corrected chi connectivity index (χ2v) is 16.5. The van der Waals surface area contributed by atoms with Crippen LogP contribution in [0.3, 0.4) is 0 Å². The van der Waals surface area contributed by atoms with Gasteiger partial charge in [0.05, 0.1) is 25.4 Å². The Hall–Kier alpha value is -1.59. The zero-order chi connectivity index (χ0) is 41.6. The Morgan fingerprint density at radius 3 is 1.47 bits per heavy atom. The number of carbonyl (C=O) groups excluding carboxylic acids is 1. The smallest absolute Gasteiger partial charge is 0.220 e. The Balaban J connectivity index is 2.37. The van der Waals surface area contributed by atoms with Crippen molar-refractivity contribution in [2.45, 2.75) is 249 Å². The number of ether oxygens (including phenoxy) is 2. The minimum atomic E-state index is -1.57. The van der Waals surface area contributed by atoms with E-state index in [-0.39, 0.29) is 12.5 Å². The fraction of sp³-hybridized carbons (Fsp3) is 0.854. The predicted molar refractivity (Wildman–Crippen MR) is 235 cm³/mol. The first-order chi connectivity index (χ1) is 27.8. The molecule has 0 spiro atoms. The third kappa shape index (κ3) is 29.3. The first-order valence-electron chi connectivity index (χ1n) is 23.7. The summed E-state index contributed by atoms with van der Waals surface area (Å²) in [6.07, 6.45) is 40.5. The maximum atomic E-state index is 12.9. The number of hydrogen-bond acceptors (Lipinski definition) is 8. The molecule has 1 heterocycles. The van der Waals surface area contributed by atoms with Gasteiger partial charge in [0.2, 0.25) is 5.91 Å². The number of nitrogens with one attached hydrogen (secondary N) is 1. The molecule has 0 bridgehead atoms.